The average Bonchev–Trinajstić information content (AvgIpc) is 2.56. The van der Waals surface area contributed by atoms with Crippen molar-refractivity contribution in [2.24, 2.45) is 0 Å². The van der Waals surface area contributed by atoms with Crippen LogP contribution in [0.15, 0.2) is 12.1 Å². The van der Waals surface area contributed by atoms with Gasteiger partial charge in [-0.25, -0.2) is 4.39 Å². The van der Waals surface area contributed by atoms with Crippen molar-refractivity contribution >= 4 is 24.2 Å². The molecule has 0 bridgehead atoms. The van der Waals surface area contributed by atoms with E-state index in [1.54, 1.807) is 0 Å². The van der Waals surface area contributed by atoms with Crippen molar-refractivity contribution in [3.05, 3.63) is 17.9 Å². The second-order valence-corrected chi connectivity index (χ2v) is 6.30. The largest absolute Gasteiger partial charge is 0.498 e. The third kappa shape index (κ3) is 2.30. The molecule has 2 aliphatic heterocycles. The van der Waals surface area contributed by atoms with E-state index in [4.69, 9.17) is 14.0 Å². The number of fused-ring (bicyclic) bond motifs is 1. The van der Waals surface area contributed by atoms with Gasteiger partial charge in [-0.15, -0.1) is 0 Å². The summed E-state index contributed by atoms with van der Waals surface area (Å²) in [5.74, 6) is -0.397. The lowest BCUT2D eigenvalue weighted by Gasteiger charge is -2.32. The van der Waals surface area contributed by atoms with Crippen LogP contribution in [0.25, 0.3) is 0 Å². The summed E-state index contributed by atoms with van der Waals surface area (Å²) in [6, 6.07) is 2.54. The Morgan fingerprint density at radius 1 is 1.19 bits per heavy atom. The molecule has 2 heterocycles. The lowest BCUT2D eigenvalue weighted by Crippen LogP contribution is -2.41. The maximum absolute atomic E-state index is 13.8. The Morgan fingerprint density at radius 2 is 1.81 bits per heavy atom. The summed E-state index contributed by atoms with van der Waals surface area (Å²) in [5, 5.41) is 2.59. The van der Waals surface area contributed by atoms with Gasteiger partial charge in [0, 0.05) is 11.5 Å². The van der Waals surface area contributed by atoms with Crippen molar-refractivity contribution in [2.75, 3.05) is 11.9 Å². The Morgan fingerprint density at radius 3 is 2.43 bits per heavy atom. The molecule has 1 N–H and O–H groups in total. The number of hydrogen-bond acceptors (Lipinski definition) is 4. The van der Waals surface area contributed by atoms with Crippen LogP contribution in [0.1, 0.15) is 27.7 Å². The number of hydrogen-bond donors (Lipinski definition) is 1. The molecular weight excluding hydrogens is 276 g/mol. The normalized spacial score (nSPS) is 22.5. The molecule has 0 aliphatic carbocycles. The van der Waals surface area contributed by atoms with Crippen LogP contribution in [0.4, 0.5) is 10.1 Å². The van der Waals surface area contributed by atoms with Gasteiger partial charge in [0.15, 0.2) is 6.61 Å². The predicted molar refractivity (Wildman–Crippen MR) is 76.2 cm³/mol. The molecule has 1 aromatic rings. The highest BCUT2D eigenvalue weighted by Gasteiger charge is 2.53. The molecule has 1 fully saturated rings. The van der Waals surface area contributed by atoms with Crippen LogP contribution >= 0.6 is 0 Å². The Labute approximate surface area is 122 Å². The van der Waals surface area contributed by atoms with Crippen molar-refractivity contribution < 1.29 is 23.2 Å². The smallest absolute Gasteiger partial charge is 0.482 e. The zero-order valence-electron chi connectivity index (χ0n) is 12.5. The number of carbonyl (C=O) groups is 1. The summed E-state index contributed by atoms with van der Waals surface area (Å²) in [5.41, 5.74) is -0.316. The highest BCUT2D eigenvalue weighted by atomic mass is 19.1. The topological polar surface area (TPSA) is 56.8 Å². The van der Waals surface area contributed by atoms with Gasteiger partial charge in [0.25, 0.3) is 5.91 Å². The van der Waals surface area contributed by atoms with Crippen LogP contribution in [0, 0.1) is 5.82 Å². The van der Waals surface area contributed by atoms with E-state index < -0.39 is 24.1 Å². The molecule has 0 spiro atoms. The number of anilines is 1. The molecule has 0 saturated carbocycles. The minimum Gasteiger partial charge on any atom is -0.482 e. The van der Waals surface area contributed by atoms with Gasteiger partial charge in [-0.3, -0.25) is 4.79 Å². The third-order valence-electron chi connectivity index (χ3n) is 4.21. The first-order valence-electron chi connectivity index (χ1n) is 6.81. The summed E-state index contributed by atoms with van der Waals surface area (Å²) in [7, 11) is -0.741. The van der Waals surface area contributed by atoms with E-state index in [-0.39, 0.29) is 12.5 Å². The SMILES string of the molecule is CC1(C)OB(c2cc(F)cc3c2OCC(=O)N3)OC1(C)C. The monoisotopic (exact) mass is 293 g/mol. The van der Waals surface area contributed by atoms with E-state index in [2.05, 4.69) is 5.32 Å². The fourth-order valence-corrected chi connectivity index (χ4v) is 2.34. The molecule has 0 unspecified atom stereocenters. The van der Waals surface area contributed by atoms with E-state index in [0.717, 1.165) is 0 Å². The molecule has 3 rings (SSSR count). The van der Waals surface area contributed by atoms with E-state index in [0.29, 0.717) is 16.9 Å². The molecule has 1 saturated heterocycles. The standard InChI is InChI=1S/C14H17BFNO4/c1-13(2)14(3,4)21-15(20-13)9-5-8(16)6-10-12(9)19-7-11(18)17-10/h5-6H,7H2,1-4H3,(H,17,18). The summed E-state index contributed by atoms with van der Waals surface area (Å²) in [6.07, 6.45) is 0. The van der Waals surface area contributed by atoms with Crippen LogP contribution in [-0.4, -0.2) is 30.8 Å². The van der Waals surface area contributed by atoms with Gasteiger partial charge < -0.3 is 19.4 Å². The summed E-state index contributed by atoms with van der Waals surface area (Å²) in [6.45, 7) is 7.57. The van der Waals surface area contributed by atoms with E-state index in [1.807, 2.05) is 27.7 Å². The maximum atomic E-state index is 13.8. The fourth-order valence-electron chi connectivity index (χ4n) is 2.34. The Balaban J connectivity index is 2.03. The second kappa shape index (κ2) is 4.45. The van der Waals surface area contributed by atoms with Crippen LogP contribution < -0.4 is 15.5 Å². The molecule has 0 radical (unpaired) electrons. The molecular formula is C14H17BFNO4. The zero-order chi connectivity index (χ0) is 15.4. The van der Waals surface area contributed by atoms with Crippen molar-refractivity contribution in [3.63, 3.8) is 0 Å². The number of carbonyl (C=O) groups excluding carboxylic acids is 1. The van der Waals surface area contributed by atoms with Crippen molar-refractivity contribution in [1.82, 2.24) is 0 Å². The van der Waals surface area contributed by atoms with E-state index >= 15 is 0 Å². The van der Waals surface area contributed by atoms with Crippen molar-refractivity contribution in [1.29, 1.82) is 0 Å². The first-order chi connectivity index (χ1) is 9.69. The average molecular weight is 293 g/mol. The molecule has 2 aliphatic rings. The van der Waals surface area contributed by atoms with Crippen molar-refractivity contribution in [3.8, 4) is 5.75 Å². The van der Waals surface area contributed by atoms with Gasteiger partial charge in [-0.1, -0.05) is 0 Å². The van der Waals surface area contributed by atoms with Gasteiger partial charge in [-0.05, 0) is 33.8 Å². The third-order valence-corrected chi connectivity index (χ3v) is 4.21. The zero-order valence-corrected chi connectivity index (χ0v) is 12.5. The lowest BCUT2D eigenvalue weighted by atomic mass is 9.77. The highest BCUT2D eigenvalue weighted by Crippen LogP contribution is 2.38. The number of benzene rings is 1. The Kier molecular flexibility index (Phi) is 3.04. The number of ether oxygens (including phenoxy) is 1. The predicted octanol–water partition coefficient (Wildman–Crippen LogP) is 1.46. The second-order valence-electron chi connectivity index (χ2n) is 6.30. The first kappa shape index (κ1) is 14.3. The van der Waals surface area contributed by atoms with Crippen LogP contribution in [0.3, 0.4) is 0 Å². The van der Waals surface area contributed by atoms with Gasteiger partial charge in [0.1, 0.15) is 11.6 Å². The molecule has 0 atom stereocenters. The van der Waals surface area contributed by atoms with Gasteiger partial charge in [0.2, 0.25) is 0 Å². The van der Waals surface area contributed by atoms with Gasteiger partial charge in [0.05, 0.1) is 16.9 Å². The molecule has 21 heavy (non-hydrogen) atoms. The summed E-state index contributed by atoms with van der Waals surface area (Å²) >= 11 is 0. The summed E-state index contributed by atoms with van der Waals surface area (Å²) in [4.78, 5) is 11.4. The van der Waals surface area contributed by atoms with Crippen molar-refractivity contribution in [2.45, 2.75) is 38.9 Å². The molecule has 0 aromatic heterocycles. The quantitative estimate of drug-likeness (QED) is 0.796. The lowest BCUT2D eigenvalue weighted by molar-refractivity contribution is -0.118. The molecule has 1 aromatic carbocycles. The minimum absolute atomic E-state index is 0.106. The highest BCUT2D eigenvalue weighted by molar-refractivity contribution is 6.63. The number of halogens is 1. The van der Waals surface area contributed by atoms with E-state index in [1.165, 1.54) is 12.1 Å². The number of amides is 1. The summed E-state index contributed by atoms with van der Waals surface area (Å²) < 4.78 is 31.1. The molecule has 7 heteroatoms. The van der Waals surface area contributed by atoms with Gasteiger partial charge in [-0.2, -0.15) is 0 Å². The first-order valence-corrected chi connectivity index (χ1v) is 6.81. The Hall–Kier alpha value is -1.60. The Bertz CT molecular complexity index is 601. The number of rotatable bonds is 1. The number of nitrogens with one attached hydrogen (secondary N) is 1. The van der Waals surface area contributed by atoms with E-state index in [9.17, 15) is 9.18 Å². The minimum atomic E-state index is -0.741. The molecule has 1 amide bonds. The molecule has 5 nitrogen and oxygen atoms in total. The van der Waals surface area contributed by atoms with Crippen LogP contribution in [-0.2, 0) is 14.1 Å². The molecule has 112 valence electrons. The van der Waals surface area contributed by atoms with Crippen LogP contribution in [0.5, 0.6) is 5.75 Å². The fraction of sp³-hybridized carbons (Fsp3) is 0.500. The van der Waals surface area contributed by atoms with Crippen LogP contribution in [0.2, 0.25) is 0 Å². The maximum Gasteiger partial charge on any atom is 0.498 e. The van der Waals surface area contributed by atoms with Gasteiger partial charge >= 0.3 is 7.12 Å².